The van der Waals surface area contributed by atoms with E-state index in [1.54, 1.807) is 0 Å². The Morgan fingerprint density at radius 3 is 2.50 bits per heavy atom. The number of aliphatic hydroxyl groups is 1. The summed E-state index contributed by atoms with van der Waals surface area (Å²) < 4.78 is 0. The number of piperidine rings is 1. The first-order valence-corrected chi connectivity index (χ1v) is 6.42. The van der Waals surface area contributed by atoms with Crippen molar-refractivity contribution in [1.82, 2.24) is 4.90 Å². The average molecular weight is 248 g/mol. The van der Waals surface area contributed by atoms with E-state index in [-0.39, 0.29) is 12.5 Å². The van der Waals surface area contributed by atoms with Gasteiger partial charge in [-0.3, -0.25) is 4.79 Å². The average Bonchev–Trinajstić information content (AvgIpc) is 2.47. The monoisotopic (exact) mass is 248 g/mol. The molecule has 98 valence electrons. The number of carbonyl (C=O) groups excluding carboxylic acids is 1. The summed E-state index contributed by atoms with van der Waals surface area (Å²) in [7, 11) is 0. The summed E-state index contributed by atoms with van der Waals surface area (Å²) in [4.78, 5) is 14.0. The van der Waals surface area contributed by atoms with Gasteiger partial charge in [-0.25, -0.2) is 0 Å². The van der Waals surface area contributed by atoms with Crippen molar-refractivity contribution in [1.29, 1.82) is 0 Å². The van der Waals surface area contributed by atoms with Gasteiger partial charge in [-0.2, -0.15) is 0 Å². The highest BCUT2D eigenvalue weighted by molar-refractivity contribution is 5.83. The Morgan fingerprint density at radius 1 is 1.33 bits per heavy atom. The minimum atomic E-state index is -0.572. The van der Waals surface area contributed by atoms with E-state index in [0.717, 1.165) is 18.4 Å². The third-order valence-corrected chi connectivity index (χ3v) is 3.61. The van der Waals surface area contributed by atoms with Crippen molar-refractivity contribution in [3.05, 3.63) is 35.9 Å². The predicted octanol–water partition coefficient (Wildman–Crippen LogP) is 0.917. The molecule has 0 aromatic heterocycles. The van der Waals surface area contributed by atoms with Gasteiger partial charge in [0.1, 0.15) is 6.04 Å². The van der Waals surface area contributed by atoms with Crippen molar-refractivity contribution < 1.29 is 9.90 Å². The fourth-order valence-electron chi connectivity index (χ4n) is 2.34. The zero-order valence-corrected chi connectivity index (χ0v) is 10.5. The number of amides is 1. The number of nitrogens with zero attached hydrogens (tertiary/aromatic N) is 1. The van der Waals surface area contributed by atoms with E-state index >= 15 is 0 Å². The summed E-state index contributed by atoms with van der Waals surface area (Å²) >= 11 is 0. The molecular weight excluding hydrogens is 228 g/mol. The van der Waals surface area contributed by atoms with E-state index in [0.29, 0.717) is 19.0 Å². The number of rotatable bonds is 3. The van der Waals surface area contributed by atoms with Crippen LogP contribution in [-0.2, 0) is 4.79 Å². The fourth-order valence-corrected chi connectivity index (χ4v) is 2.34. The fraction of sp³-hybridized carbons (Fsp3) is 0.500. The molecule has 1 atom stereocenters. The summed E-state index contributed by atoms with van der Waals surface area (Å²) in [5.41, 5.74) is 6.85. The first-order valence-electron chi connectivity index (χ1n) is 6.42. The summed E-state index contributed by atoms with van der Waals surface area (Å²) in [5.74, 6) is 0.319. The van der Waals surface area contributed by atoms with Crippen LogP contribution in [0.3, 0.4) is 0 Å². The zero-order chi connectivity index (χ0) is 13.0. The number of aliphatic hydroxyl groups excluding tert-OH is 1. The summed E-state index contributed by atoms with van der Waals surface area (Å²) in [6, 6.07) is 8.87. The number of hydrogen-bond donors (Lipinski definition) is 2. The molecule has 1 aliphatic rings. The maximum absolute atomic E-state index is 12.2. The van der Waals surface area contributed by atoms with Crippen molar-refractivity contribution in [2.24, 2.45) is 11.7 Å². The second-order valence-electron chi connectivity index (χ2n) is 4.84. The maximum Gasteiger partial charge on any atom is 0.244 e. The van der Waals surface area contributed by atoms with Crippen molar-refractivity contribution in [3.8, 4) is 0 Å². The predicted molar refractivity (Wildman–Crippen MR) is 69.8 cm³/mol. The molecule has 1 aromatic rings. The second-order valence-corrected chi connectivity index (χ2v) is 4.84. The summed E-state index contributed by atoms with van der Waals surface area (Å²) in [6.07, 6.45) is 1.73. The van der Waals surface area contributed by atoms with E-state index in [4.69, 9.17) is 10.8 Å². The maximum atomic E-state index is 12.2. The third-order valence-electron chi connectivity index (χ3n) is 3.61. The van der Waals surface area contributed by atoms with Crippen molar-refractivity contribution >= 4 is 5.91 Å². The molecule has 0 unspecified atom stereocenters. The molecule has 0 spiro atoms. The lowest BCUT2D eigenvalue weighted by Crippen LogP contribution is -2.43. The third kappa shape index (κ3) is 2.89. The minimum absolute atomic E-state index is 0.0161. The molecule has 1 aliphatic heterocycles. The van der Waals surface area contributed by atoms with Gasteiger partial charge in [-0.05, 0) is 24.3 Å². The smallest absolute Gasteiger partial charge is 0.244 e. The number of likely N-dealkylation sites (tertiary alicyclic amines) is 1. The molecule has 1 saturated heterocycles. The van der Waals surface area contributed by atoms with Crippen LogP contribution in [0.1, 0.15) is 24.4 Å². The van der Waals surface area contributed by atoms with Crippen LogP contribution in [0.2, 0.25) is 0 Å². The SMILES string of the molecule is N[C@@H](C(=O)N1CCC(CO)CC1)c1ccccc1. The van der Waals surface area contributed by atoms with Gasteiger partial charge in [0.15, 0.2) is 0 Å². The molecule has 0 saturated carbocycles. The highest BCUT2D eigenvalue weighted by Crippen LogP contribution is 2.20. The Hall–Kier alpha value is -1.39. The molecule has 1 heterocycles. The molecule has 1 amide bonds. The van der Waals surface area contributed by atoms with Gasteiger partial charge in [0.2, 0.25) is 5.91 Å². The molecular formula is C14H20N2O2. The van der Waals surface area contributed by atoms with Crippen LogP contribution in [0.4, 0.5) is 0 Å². The second kappa shape index (κ2) is 5.98. The van der Waals surface area contributed by atoms with Crippen LogP contribution < -0.4 is 5.73 Å². The van der Waals surface area contributed by atoms with Crippen LogP contribution in [0.5, 0.6) is 0 Å². The highest BCUT2D eigenvalue weighted by Gasteiger charge is 2.26. The topological polar surface area (TPSA) is 66.6 Å². The van der Waals surface area contributed by atoms with Gasteiger partial charge in [0, 0.05) is 19.7 Å². The van der Waals surface area contributed by atoms with E-state index in [1.807, 2.05) is 35.2 Å². The molecule has 0 bridgehead atoms. The first-order chi connectivity index (χ1) is 8.72. The number of benzene rings is 1. The summed E-state index contributed by atoms with van der Waals surface area (Å²) in [5, 5.41) is 9.07. The molecule has 0 aliphatic carbocycles. The zero-order valence-electron chi connectivity index (χ0n) is 10.5. The molecule has 1 aromatic carbocycles. The van der Waals surface area contributed by atoms with Crippen LogP contribution in [0.25, 0.3) is 0 Å². The largest absolute Gasteiger partial charge is 0.396 e. The molecule has 1 fully saturated rings. The molecule has 3 N–H and O–H groups in total. The van der Waals surface area contributed by atoms with Gasteiger partial charge in [-0.1, -0.05) is 30.3 Å². The lowest BCUT2D eigenvalue weighted by molar-refractivity contribution is -0.134. The van der Waals surface area contributed by atoms with Gasteiger partial charge in [0.25, 0.3) is 0 Å². The Balaban J connectivity index is 1.96. The Labute approximate surface area is 107 Å². The Bertz CT molecular complexity index is 386. The summed E-state index contributed by atoms with van der Waals surface area (Å²) in [6.45, 7) is 1.61. The lowest BCUT2D eigenvalue weighted by atomic mass is 9.96. The molecule has 4 nitrogen and oxygen atoms in total. The standard InChI is InChI=1S/C14H20N2O2/c15-13(12-4-2-1-3-5-12)14(18)16-8-6-11(10-17)7-9-16/h1-5,11,13,17H,6-10,15H2/t13-/m1/s1. The molecule has 4 heteroatoms. The van der Waals surface area contributed by atoms with E-state index < -0.39 is 6.04 Å². The number of hydrogen-bond acceptors (Lipinski definition) is 3. The van der Waals surface area contributed by atoms with E-state index in [1.165, 1.54) is 0 Å². The van der Waals surface area contributed by atoms with Gasteiger partial charge in [-0.15, -0.1) is 0 Å². The Morgan fingerprint density at radius 2 is 1.94 bits per heavy atom. The van der Waals surface area contributed by atoms with Crippen molar-refractivity contribution in [3.63, 3.8) is 0 Å². The van der Waals surface area contributed by atoms with Crippen LogP contribution in [0, 0.1) is 5.92 Å². The molecule has 18 heavy (non-hydrogen) atoms. The first kappa shape index (κ1) is 13.1. The lowest BCUT2D eigenvalue weighted by Gasteiger charge is -2.32. The van der Waals surface area contributed by atoms with E-state index in [2.05, 4.69) is 0 Å². The highest BCUT2D eigenvalue weighted by atomic mass is 16.3. The van der Waals surface area contributed by atoms with Crippen LogP contribution in [0.15, 0.2) is 30.3 Å². The van der Waals surface area contributed by atoms with Gasteiger partial charge in [0.05, 0.1) is 0 Å². The van der Waals surface area contributed by atoms with Crippen LogP contribution in [-0.4, -0.2) is 35.6 Å². The van der Waals surface area contributed by atoms with Crippen molar-refractivity contribution in [2.45, 2.75) is 18.9 Å². The molecule has 2 rings (SSSR count). The minimum Gasteiger partial charge on any atom is -0.396 e. The van der Waals surface area contributed by atoms with E-state index in [9.17, 15) is 4.79 Å². The van der Waals surface area contributed by atoms with Crippen molar-refractivity contribution in [2.75, 3.05) is 19.7 Å². The van der Waals surface area contributed by atoms with Gasteiger partial charge >= 0.3 is 0 Å². The van der Waals surface area contributed by atoms with Gasteiger partial charge < -0.3 is 15.7 Å². The number of carbonyl (C=O) groups is 1. The molecule has 0 radical (unpaired) electrons. The van der Waals surface area contributed by atoms with Crippen LogP contribution >= 0.6 is 0 Å². The number of nitrogens with two attached hydrogens (primary N) is 1. The quantitative estimate of drug-likeness (QED) is 0.836. The Kier molecular flexibility index (Phi) is 4.33. The normalized spacial score (nSPS) is 18.7.